The fraction of sp³-hybridized carbons (Fsp3) is 0.143. The Morgan fingerprint density at radius 1 is 1.13 bits per heavy atom. The number of nitrogens with zero attached hydrogens (tertiary/aromatic N) is 3. The van der Waals surface area contributed by atoms with E-state index in [0.29, 0.717) is 40.9 Å². The number of benzene rings is 2. The average molecular weight is 424 g/mol. The van der Waals surface area contributed by atoms with Crippen molar-refractivity contribution in [3.63, 3.8) is 0 Å². The summed E-state index contributed by atoms with van der Waals surface area (Å²) in [5, 5.41) is 7.16. The summed E-state index contributed by atoms with van der Waals surface area (Å²) < 4.78 is 0. The van der Waals surface area contributed by atoms with Crippen LogP contribution in [0.25, 0.3) is 11.3 Å². The molecule has 8 nitrogen and oxygen atoms in total. The van der Waals surface area contributed by atoms with Crippen LogP contribution in [0.2, 0.25) is 5.02 Å². The van der Waals surface area contributed by atoms with Gasteiger partial charge in [0.2, 0.25) is 5.95 Å². The molecular formula is C21H22ClN7O. The Hall–Kier alpha value is -3.65. The third-order valence-corrected chi connectivity index (χ3v) is 4.83. The van der Waals surface area contributed by atoms with Gasteiger partial charge in [-0.25, -0.2) is 9.98 Å². The first-order valence-electron chi connectivity index (χ1n) is 9.23. The SMILES string of the molecule is Cc1c(Cl)cccc1-c1cc(NCCNc2ccc(C=O)c(N=CN)c2)nc(N)n1. The molecule has 6 N–H and O–H groups in total. The molecule has 0 aliphatic rings. The minimum Gasteiger partial charge on any atom is -0.390 e. The average Bonchev–Trinajstić information content (AvgIpc) is 2.73. The van der Waals surface area contributed by atoms with Crippen LogP contribution in [-0.4, -0.2) is 35.7 Å². The minimum atomic E-state index is 0.177. The number of rotatable bonds is 8. The number of nitrogens with two attached hydrogens (primary N) is 2. The molecule has 1 heterocycles. The lowest BCUT2D eigenvalue weighted by Gasteiger charge is -2.12. The maximum absolute atomic E-state index is 11.1. The van der Waals surface area contributed by atoms with E-state index in [1.807, 2.05) is 37.3 Å². The van der Waals surface area contributed by atoms with Crippen molar-refractivity contribution in [2.45, 2.75) is 6.92 Å². The van der Waals surface area contributed by atoms with Crippen molar-refractivity contribution in [2.75, 3.05) is 29.5 Å². The number of aldehydes is 1. The third kappa shape index (κ3) is 5.03. The van der Waals surface area contributed by atoms with Gasteiger partial charge < -0.3 is 22.1 Å². The highest BCUT2D eigenvalue weighted by Crippen LogP contribution is 2.28. The highest BCUT2D eigenvalue weighted by atomic mass is 35.5. The summed E-state index contributed by atoms with van der Waals surface area (Å²) in [5.74, 6) is 0.791. The largest absolute Gasteiger partial charge is 0.390 e. The Morgan fingerprint density at radius 3 is 2.70 bits per heavy atom. The molecule has 0 amide bonds. The van der Waals surface area contributed by atoms with E-state index >= 15 is 0 Å². The topological polar surface area (TPSA) is 131 Å². The second kappa shape index (κ2) is 9.71. The molecule has 1 aromatic heterocycles. The number of halogens is 1. The first-order chi connectivity index (χ1) is 14.5. The second-order valence-electron chi connectivity index (χ2n) is 6.43. The van der Waals surface area contributed by atoms with Gasteiger partial charge in [-0.05, 0) is 36.8 Å². The van der Waals surface area contributed by atoms with E-state index < -0.39 is 0 Å². The summed E-state index contributed by atoms with van der Waals surface area (Å²) >= 11 is 6.22. The fourth-order valence-corrected chi connectivity index (χ4v) is 3.10. The number of aliphatic imine (C=N–C) groups is 1. The van der Waals surface area contributed by atoms with E-state index in [1.165, 1.54) is 0 Å². The highest BCUT2D eigenvalue weighted by molar-refractivity contribution is 6.31. The molecule has 30 heavy (non-hydrogen) atoms. The molecule has 3 rings (SSSR count). The van der Waals surface area contributed by atoms with E-state index in [9.17, 15) is 4.79 Å². The molecule has 0 atom stereocenters. The zero-order chi connectivity index (χ0) is 21.5. The van der Waals surface area contributed by atoms with Gasteiger partial charge in [0.15, 0.2) is 6.29 Å². The van der Waals surface area contributed by atoms with E-state index in [2.05, 4.69) is 25.6 Å². The summed E-state index contributed by atoms with van der Waals surface area (Å²) in [6, 6.07) is 12.7. The van der Waals surface area contributed by atoms with Crippen LogP contribution in [0.5, 0.6) is 0 Å². The minimum absolute atomic E-state index is 0.177. The number of carbonyl (C=O) groups excluding carboxylic acids is 1. The standard InChI is InChI=1S/C21H22ClN7O/c1-13-16(3-2-4-17(13)22)19-10-20(29-21(24)28-19)26-8-7-25-15-6-5-14(11-30)18(9-15)27-12-23/h2-6,9-12,25H,7-8H2,1H3,(H2,23,27)(H3,24,26,28,29). The number of carbonyl (C=O) groups is 1. The van der Waals surface area contributed by atoms with Gasteiger partial charge in [-0.1, -0.05) is 23.7 Å². The molecule has 0 bridgehead atoms. The van der Waals surface area contributed by atoms with Gasteiger partial charge in [-0.3, -0.25) is 4.79 Å². The van der Waals surface area contributed by atoms with Gasteiger partial charge in [0.25, 0.3) is 0 Å². The van der Waals surface area contributed by atoms with Gasteiger partial charge in [0, 0.05) is 41.0 Å². The number of aromatic nitrogens is 2. The van der Waals surface area contributed by atoms with Crippen LogP contribution in [0.1, 0.15) is 15.9 Å². The maximum atomic E-state index is 11.1. The van der Waals surface area contributed by atoms with Crippen LogP contribution in [0.4, 0.5) is 23.1 Å². The first-order valence-corrected chi connectivity index (χ1v) is 9.61. The van der Waals surface area contributed by atoms with Gasteiger partial charge in [-0.2, -0.15) is 4.98 Å². The molecule has 0 radical (unpaired) electrons. The number of hydrogen-bond acceptors (Lipinski definition) is 7. The Balaban J connectivity index is 1.66. The summed E-state index contributed by atoms with van der Waals surface area (Å²) in [6.07, 6.45) is 1.90. The van der Waals surface area contributed by atoms with Crippen LogP contribution in [0.15, 0.2) is 47.5 Å². The van der Waals surface area contributed by atoms with Crippen molar-refractivity contribution in [3.8, 4) is 11.3 Å². The predicted octanol–water partition coefficient (Wildman–Crippen LogP) is 3.64. The van der Waals surface area contributed by atoms with E-state index in [4.69, 9.17) is 23.1 Å². The smallest absolute Gasteiger partial charge is 0.222 e. The lowest BCUT2D eigenvalue weighted by molar-refractivity contribution is 0.112. The van der Waals surface area contributed by atoms with Gasteiger partial charge in [0.1, 0.15) is 5.82 Å². The quantitative estimate of drug-likeness (QED) is 0.188. The number of hydrogen-bond donors (Lipinski definition) is 4. The zero-order valence-electron chi connectivity index (χ0n) is 16.4. The van der Waals surface area contributed by atoms with Gasteiger partial charge in [-0.15, -0.1) is 0 Å². The summed E-state index contributed by atoms with van der Waals surface area (Å²) in [4.78, 5) is 23.6. The van der Waals surface area contributed by atoms with Crippen LogP contribution < -0.4 is 22.1 Å². The second-order valence-corrected chi connectivity index (χ2v) is 6.84. The third-order valence-electron chi connectivity index (χ3n) is 4.42. The number of anilines is 3. The first kappa shape index (κ1) is 21.1. The summed E-state index contributed by atoms with van der Waals surface area (Å²) in [5.41, 5.74) is 15.6. The van der Waals surface area contributed by atoms with E-state index in [-0.39, 0.29) is 5.95 Å². The van der Waals surface area contributed by atoms with E-state index in [0.717, 1.165) is 29.4 Å². The molecule has 154 valence electrons. The van der Waals surface area contributed by atoms with Crippen molar-refractivity contribution in [2.24, 2.45) is 10.7 Å². The Bertz CT molecular complexity index is 1080. The Morgan fingerprint density at radius 2 is 1.93 bits per heavy atom. The Labute approximate surface area is 179 Å². The molecule has 0 unspecified atom stereocenters. The molecule has 0 fully saturated rings. The lowest BCUT2D eigenvalue weighted by atomic mass is 10.1. The fourth-order valence-electron chi connectivity index (χ4n) is 2.92. The molecule has 0 aliphatic heterocycles. The number of nitrogen functional groups attached to an aromatic ring is 1. The van der Waals surface area contributed by atoms with Crippen molar-refractivity contribution in [1.82, 2.24) is 9.97 Å². The predicted molar refractivity (Wildman–Crippen MR) is 123 cm³/mol. The highest BCUT2D eigenvalue weighted by Gasteiger charge is 2.09. The Kier molecular flexibility index (Phi) is 6.82. The maximum Gasteiger partial charge on any atom is 0.222 e. The monoisotopic (exact) mass is 423 g/mol. The molecule has 9 heteroatoms. The van der Waals surface area contributed by atoms with Crippen molar-refractivity contribution >= 4 is 47.4 Å². The lowest BCUT2D eigenvalue weighted by Crippen LogP contribution is -2.15. The molecule has 0 saturated carbocycles. The zero-order valence-corrected chi connectivity index (χ0v) is 17.1. The molecule has 0 spiro atoms. The molecule has 0 saturated heterocycles. The van der Waals surface area contributed by atoms with Crippen molar-refractivity contribution in [3.05, 3.63) is 58.6 Å². The van der Waals surface area contributed by atoms with Crippen molar-refractivity contribution in [1.29, 1.82) is 0 Å². The van der Waals surface area contributed by atoms with Gasteiger partial charge >= 0.3 is 0 Å². The van der Waals surface area contributed by atoms with E-state index in [1.54, 1.807) is 12.1 Å². The summed E-state index contributed by atoms with van der Waals surface area (Å²) in [6.45, 7) is 3.11. The molecule has 2 aromatic carbocycles. The summed E-state index contributed by atoms with van der Waals surface area (Å²) in [7, 11) is 0. The normalized spacial score (nSPS) is 10.9. The molecular weight excluding hydrogens is 402 g/mol. The van der Waals surface area contributed by atoms with Crippen LogP contribution in [0.3, 0.4) is 0 Å². The molecule has 0 aliphatic carbocycles. The van der Waals surface area contributed by atoms with Crippen LogP contribution in [-0.2, 0) is 0 Å². The van der Waals surface area contributed by atoms with Gasteiger partial charge in [0.05, 0.1) is 17.7 Å². The number of nitrogens with one attached hydrogen (secondary N) is 2. The van der Waals surface area contributed by atoms with Crippen LogP contribution >= 0.6 is 11.6 Å². The van der Waals surface area contributed by atoms with Crippen molar-refractivity contribution < 1.29 is 4.79 Å². The molecule has 3 aromatic rings. The van der Waals surface area contributed by atoms with Crippen LogP contribution in [0, 0.1) is 6.92 Å².